The van der Waals surface area contributed by atoms with Gasteiger partial charge in [0.2, 0.25) is 5.16 Å². The van der Waals surface area contributed by atoms with Crippen LogP contribution in [0.1, 0.15) is 25.5 Å². The molecule has 1 N–H and O–H groups in total. The SMILES string of the molecule is CCC(CSc1nnc(-c2cn(C)nc2C(F)F)o1)Sc1n[nH]c(-c2cccc(OC)c2)n1. The van der Waals surface area contributed by atoms with E-state index in [2.05, 4.69) is 37.4 Å². The van der Waals surface area contributed by atoms with Crippen molar-refractivity contribution < 1.29 is 17.9 Å². The fraction of sp³-hybridized carbons (Fsp3) is 0.350. The van der Waals surface area contributed by atoms with Gasteiger partial charge >= 0.3 is 0 Å². The van der Waals surface area contributed by atoms with Gasteiger partial charge in [-0.1, -0.05) is 42.6 Å². The van der Waals surface area contributed by atoms with Gasteiger partial charge in [0, 0.05) is 29.8 Å². The molecular formula is C20H21F2N7O2S2. The van der Waals surface area contributed by atoms with Crippen molar-refractivity contribution in [3.05, 3.63) is 36.2 Å². The maximum atomic E-state index is 13.2. The van der Waals surface area contributed by atoms with Crippen molar-refractivity contribution in [1.82, 2.24) is 35.2 Å². The molecule has 9 nitrogen and oxygen atoms in total. The second-order valence-corrected chi connectivity index (χ2v) is 9.17. The van der Waals surface area contributed by atoms with Crippen molar-refractivity contribution in [2.45, 2.75) is 35.4 Å². The number of rotatable bonds is 10. The average Bonchev–Trinajstić information content (AvgIpc) is 3.56. The van der Waals surface area contributed by atoms with E-state index in [1.807, 2.05) is 24.3 Å². The van der Waals surface area contributed by atoms with Crippen LogP contribution in [-0.4, -0.2) is 53.3 Å². The van der Waals surface area contributed by atoms with E-state index in [0.717, 1.165) is 17.7 Å². The Morgan fingerprint density at radius 1 is 1.27 bits per heavy atom. The van der Waals surface area contributed by atoms with Crippen molar-refractivity contribution >= 4 is 23.5 Å². The summed E-state index contributed by atoms with van der Waals surface area (Å²) in [4.78, 5) is 4.57. The molecule has 0 bridgehead atoms. The maximum absolute atomic E-state index is 13.2. The Morgan fingerprint density at radius 2 is 2.12 bits per heavy atom. The molecule has 174 valence electrons. The van der Waals surface area contributed by atoms with Crippen LogP contribution in [0.3, 0.4) is 0 Å². The van der Waals surface area contributed by atoms with E-state index in [-0.39, 0.29) is 22.4 Å². The van der Waals surface area contributed by atoms with Crippen LogP contribution in [0.5, 0.6) is 5.75 Å². The van der Waals surface area contributed by atoms with E-state index in [0.29, 0.717) is 22.0 Å². The number of thioether (sulfide) groups is 2. The zero-order valence-corrected chi connectivity index (χ0v) is 19.7. The summed E-state index contributed by atoms with van der Waals surface area (Å²) in [6, 6.07) is 7.57. The van der Waals surface area contributed by atoms with Crippen LogP contribution in [0.4, 0.5) is 8.78 Å². The smallest absolute Gasteiger partial charge is 0.282 e. The summed E-state index contributed by atoms with van der Waals surface area (Å²) in [5.41, 5.74) is 0.642. The lowest BCUT2D eigenvalue weighted by Crippen LogP contribution is -2.04. The number of hydrogen-bond acceptors (Lipinski definition) is 9. The number of aromatic nitrogens is 7. The van der Waals surface area contributed by atoms with Gasteiger partial charge in [0.05, 0.1) is 12.7 Å². The second-order valence-electron chi connectivity index (χ2n) is 6.93. The number of nitrogens with one attached hydrogen (secondary N) is 1. The Morgan fingerprint density at radius 3 is 2.88 bits per heavy atom. The van der Waals surface area contributed by atoms with E-state index in [1.54, 1.807) is 14.2 Å². The van der Waals surface area contributed by atoms with Gasteiger partial charge in [-0.25, -0.2) is 13.8 Å². The third kappa shape index (κ3) is 5.53. The third-order valence-electron chi connectivity index (χ3n) is 4.63. The molecule has 0 aliphatic heterocycles. The summed E-state index contributed by atoms with van der Waals surface area (Å²) >= 11 is 2.90. The van der Waals surface area contributed by atoms with Gasteiger partial charge in [0.1, 0.15) is 11.4 Å². The zero-order chi connectivity index (χ0) is 23.4. The topological polar surface area (TPSA) is 108 Å². The van der Waals surface area contributed by atoms with E-state index >= 15 is 0 Å². The Labute approximate surface area is 196 Å². The summed E-state index contributed by atoms with van der Waals surface area (Å²) in [5, 5.41) is 20.0. The molecule has 1 aromatic carbocycles. The van der Waals surface area contributed by atoms with Crippen LogP contribution in [0.2, 0.25) is 0 Å². The van der Waals surface area contributed by atoms with Crippen LogP contribution < -0.4 is 4.74 Å². The van der Waals surface area contributed by atoms with Crippen LogP contribution in [0.25, 0.3) is 22.8 Å². The first-order valence-corrected chi connectivity index (χ1v) is 11.8. The van der Waals surface area contributed by atoms with Gasteiger partial charge in [-0.05, 0) is 18.6 Å². The lowest BCUT2D eigenvalue weighted by atomic mass is 10.2. The van der Waals surface area contributed by atoms with Crippen molar-refractivity contribution in [2.24, 2.45) is 7.05 Å². The minimum absolute atomic E-state index is 0.0264. The predicted octanol–water partition coefficient (Wildman–Crippen LogP) is 4.86. The first kappa shape index (κ1) is 23.2. The summed E-state index contributed by atoms with van der Waals surface area (Å²) in [5.74, 6) is 2.08. The lowest BCUT2D eigenvalue weighted by molar-refractivity contribution is 0.145. The van der Waals surface area contributed by atoms with Gasteiger partial charge in [-0.3, -0.25) is 9.78 Å². The van der Waals surface area contributed by atoms with Gasteiger partial charge in [0.15, 0.2) is 5.82 Å². The third-order valence-corrected chi connectivity index (χ3v) is 7.05. The first-order valence-electron chi connectivity index (χ1n) is 9.98. The fourth-order valence-electron chi connectivity index (χ4n) is 2.96. The molecule has 3 heterocycles. The number of ether oxygens (including phenoxy) is 1. The number of H-pyrrole nitrogens is 1. The number of methoxy groups -OCH3 is 1. The highest BCUT2D eigenvalue weighted by atomic mass is 32.2. The van der Waals surface area contributed by atoms with Gasteiger partial charge in [0.25, 0.3) is 17.5 Å². The average molecular weight is 494 g/mol. The number of alkyl halides is 2. The molecule has 0 aliphatic rings. The molecule has 0 aliphatic carbocycles. The van der Waals surface area contributed by atoms with Gasteiger partial charge < -0.3 is 9.15 Å². The van der Waals surface area contributed by atoms with Crippen molar-refractivity contribution in [1.29, 1.82) is 0 Å². The molecular weight excluding hydrogens is 472 g/mol. The van der Waals surface area contributed by atoms with Gasteiger partial charge in [-0.2, -0.15) is 5.10 Å². The quantitative estimate of drug-likeness (QED) is 0.310. The first-order chi connectivity index (χ1) is 16.0. The molecule has 0 saturated carbocycles. The highest BCUT2D eigenvalue weighted by Crippen LogP contribution is 2.33. The van der Waals surface area contributed by atoms with Crippen molar-refractivity contribution in [3.8, 4) is 28.6 Å². The minimum atomic E-state index is -2.73. The Bertz CT molecular complexity index is 1210. The Hall–Kier alpha value is -2.93. The van der Waals surface area contributed by atoms with Crippen LogP contribution in [-0.2, 0) is 7.05 Å². The van der Waals surface area contributed by atoms with E-state index in [4.69, 9.17) is 9.15 Å². The summed E-state index contributed by atoms with van der Waals surface area (Å²) in [7, 11) is 3.18. The largest absolute Gasteiger partial charge is 0.497 e. The summed E-state index contributed by atoms with van der Waals surface area (Å²) in [6.45, 7) is 2.07. The molecule has 1 atom stereocenters. The number of aryl methyl sites for hydroxylation is 1. The standard InChI is InChI=1S/C20H21F2N7O2S2/c1-4-13(33-19-23-17(24-26-19)11-6-5-7-12(8-11)30-3)10-32-20-27-25-18(31-20)14-9-29(2)28-15(14)16(21)22/h5-9,13,16H,4,10H2,1-3H3,(H,23,24,26). The molecule has 0 fully saturated rings. The second kappa shape index (κ2) is 10.3. The van der Waals surface area contributed by atoms with Crippen LogP contribution in [0.15, 0.2) is 45.3 Å². The lowest BCUT2D eigenvalue weighted by Gasteiger charge is -2.09. The molecule has 33 heavy (non-hydrogen) atoms. The van der Waals surface area contributed by atoms with Gasteiger partial charge in [-0.15, -0.1) is 15.3 Å². The van der Waals surface area contributed by atoms with Crippen molar-refractivity contribution in [2.75, 3.05) is 12.9 Å². The minimum Gasteiger partial charge on any atom is -0.497 e. The fourth-order valence-corrected chi connectivity index (χ4v) is 4.94. The highest BCUT2D eigenvalue weighted by molar-refractivity contribution is 8.03. The molecule has 4 aromatic rings. The number of benzene rings is 1. The molecule has 1 unspecified atom stereocenters. The normalized spacial score (nSPS) is 12.4. The maximum Gasteiger partial charge on any atom is 0.282 e. The monoisotopic (exact) mass is 493 g/mol. The highest BCUT2D eigenvalue weighted by Gasteiger charge is 2.23. The molecule has 0 radical (unpaired) electrons. The Balaban J connectivity index is 1.38. The molecule has 0 saturated heterocycles. The molecule has 4 rings (SSSR count). The molecule has 0 spiro atoms. The van der Waals surface area contributed by atoms with Crippen LogP contribution >= 0.6 is 23.5 Å². The molecule has 3 aromatic heterocycles. The van der Waals surface area contributed by atoms with E-state index in [1.165, 1.54) is 34.4 Å². The zero-order valence-electron chi connectivity index (χ0n) is 18.0. The number of nitrogens with zero attached hydrogens (tertiary/aromatic N) is 6. The summed E-state index contributed by atoms with van der Waals surface area (Å²) < 4.78 is 38.5. The van der Waals surface area contributed by atoms with Crippen LogP contribution in [0, 0.1) is 0 Å². The number of aromatic amines is 1. The van der Waals surface area contributed by atoms with E-state index < -0.39 is 6.43 Å². The summed E-state index contributed by atoms with van der Waals surface area (Å²) in [6.07, 6.45) is -0.426. The number of halogens is 2. The van der Waals surface area contributed by atoms with E-state index in [9.17, 15) is 8.78 Å². The number of hydrogen-bond donors (Lipinski definition) is 1. The Kier molecular flexibility index (Phi) is 7.28. The molecule has 13 heteroatoms. The van der Waals surface area contributed by atoms with Crippen molar-refractivity contribution in [3.63, 3.8) is 0 Å². The molecule has 0 amide bonds. The predicted molar refractivity (Wildman–Crippen MR) is 120 cm³/mol.